The number of fused-ring (bicyclic) bond motifs is 1. The summed E-state index contributed by atoms with van der Waals surface area (Å²) in [5.74, 6) is 7.60. The smallest absolute Gasteiger partial charge is 0.131 e. The maximum Gasteiger partial charge on any atom is 0.131 e. The molecular weight excluding hydrogens is 462 g/mol. The molecule has 2 aromatic carbocycles. The van der Waals surface area contributed by atoms with Crippen LogP contribution in [-0.2, 0) is 19.3 Å². The van der Waals surface area contributed by atoms with E-state index in [4.69, 9.17) is 0 Å². The summed E-state index contributed by atoms with van der Waals surface area (Å²) in [6.07, 6.45) is 2.84. The van der Waals surface area contributed by atoms with Gasteiger partial charge in [-0.25, -0.2) is 4.39 Å². The molecule has 28 heavy (non-hydrogen) atoms. The van der Waals surface area contributed by atoms with Gasteiger partial charge in [0.15, 0.2) is 0 Å². The van der Waals surface area contributed by atoms with Crippen molar-refractivity contribution in [3.8, 4) is 23.0 Å². The largest absolute Gasteiger partial charge is 0.291 e. The van der Waals surface area contributed by atoms with Crippen LogP contribution in [0.15, 0.2) is 36.4 Å². The molecule has 0 saturated carbocycles. The molecule has 4 heteroatoms. The summed E-state index contributed by atoms with van der Waals surface area (Å²) in [5.41, 5.74) is 5.36. The lowest BCUT2D eigenvalue weighted by molar-refractivity contribution is 0.361. The van der Waals surface area contributed by atoms with Crippen molar-refractivity contribution in [3.63, 3.8) is 0 Å². The van der Waals surface area contributed by atoms with Crippen LogP contribution < -0.4 is 10.6 Å². The molecule has 1 heterocycles. The Morgan fingerprint density at radius 2 is 1.86 bits per heavy atom. The zero-order valence-corrected chi connectivity index (χ0v) is 18.4. The predicted molar refractivity (Wildman–Crippen MR) is 122 cm³/mol. The maximum absolute atomic E-state index is 14.8. The highest BCUT2D eigenvalue weighted by molar-refractivity contribution is 14.1. The van der Waals surface area contributed by atoms with Crippen LogP contribution in [0, 0.1) is 29.5 Å². The van der Waals surface area contributed by atoms with Gasteiger partial charge in [-0.2, -0.15) is 0 Å². The first-order chi connectivity index (χ1) is 13.6. The van der Waals surface area contributed by atoms with E-state index in [1.165, 1.54) is 11.1 Å². The van der Waals surface area contributed by atoms with E-state index < -0.39 is 0 Å². The third-order valence-electron chi connectivity index (χ3n) is 5.67. The number of nitrogens with one attached hydrogen (secondary N) is 2. The molecular formula is C24H26FIN2. The number of benzene rings is 2. The van der Waals surface area contributed by atoms with Gasteiger partial charge in [0, 0.05) is 29.5 Å². The highest BCUT2D eigenvalue weighted by Gasteiger charge is 2.19. The van der Waals surface area contributed by atoms with E-state index in [2.05, 4.69) is 70.2 Å². The third-order valence-corrected chi connectivity index (χ3v) is 6.91. The lowest BCUT2D eigenvalue weighted by Crippen LogP contribution is -2.52. The van der Waals surface area contributed by atoms with E-state index in [1.807, 2.05) is 12.1 Å². The van der Waals surface area contributed by atoms with Crippen molar-refractivity contribution in [2.45, 2.75) is 32.4 Å². The fourth-order valence-corrected chi connectivity index (χ4v) is 4.71. The Balaban J connectivity index is 1.42. The third kappa shape index (κ3) is 4.59. The van der Waals surface area contributed by atoms with Gasteiger partial charge in [0.1, 0.15) is 12.0 Å². The minimum atomic E-state index is -0.163. The first-order valence-corrected chi connectivity index (χ1v) is 11.6. The number of rotatable bonds is 3. The minimum Gasteiger partial charge on any atom is -0.291 e. The van der Waals surface area contributed by atoms with Crippen LogP contribution in [0.4, 0.5) is 4.39 Å². The molecule has 1 unspecified atom stereocenters. The van der Waals surface area contributed by atoms with E-state index in [0.29, 0.717) is 23.8 Å². The summed E-state index contributed by atoms with van der Waals surface area (Å²) in [6, 6.07) is 11.9. The molecule has 2 aliphatic rings. The quantitative estimate of drug-likeness (QED) is 0.382. The molecule has 1 fully saturated rings. The zero-order chi connectivity index (χ0) is 19.5. The highest BCUT2D eigenvalue weighted by atomic mass is 127. The number of hydrogen-bond donors (Lipinski definition) is 2. The molecule has 2 N–H and O–H groups in total. The molecule has 146 valence electrons. The van der Waals surface area contributed by atoms with E-state index in [1.54, 1.807) is 6.07 Å². The van der Waals surface area contributed by atoms with E-state index in [0.717, 1.165) is 41.5 Å². The van der Waals surface area contributed by atoms with Crippen molar-refractivity contribution in [2.75, 3.05) is 17.5 Å². The van der Waals surface area contributed by atoms with E-state index in [9.17, 15) is 4.39 Å². The zero-order valence-electron chi connectivity index (χ0n) is 16.2. The van der Waals surface area contributed by atoms with Gasteiger partial charge in [-0.15, -0.1) is 0 Å². The van der Waals surface area contributed by atoms with Crippen LogP contribution in [0.2, 0.25) is 0 Å². The molecule has 2 nitrogen and oxygen atoms in total. The Bertz CT molecular complexity index is 907. The summed E-state index contributed by atoms with van der Waals surface area (Å²) in [5, 5.41) is 6.82. The second-order valence-electron chi connectivity index (χ2n) is 8.08. The normalized spacial score (nSPS) is 23.8. The van der Waals surface area contributed by atoms with Crippen LogP contribution in [0.1, 0.15) is 23.6 Å². The summed E-state index contributed by atoms with van der Waals surface area (Å²) < 4.78 is 15.9. The fraction of sp³-hybridized carbons (Fsp3) is 0.417. The number of hydrogen-bond acceptors (Lipinski definition) is 2. The van der Waals surface area contributed by atoms with Crippen molar-refractivity contribution >= 4 is 22.6 Å². The topological polar surface area (TPSA) is 24.1 Å². The van der Waals surface area contributed by atoms with Crippen LogP contribution in [-0.4, -0.2) is 23.7 Å². The second-order valence-corrected chi connectivity index (χ2v) is 8.96. The SMILES string of the molecule is CC1Cc2ccc(-c3ccc(CC#CC4NCC(CI)CN4)cc3F)cc2C1. The predicted octanol–water partition coefficient (Wildman–Crippen LogP) is 4.34. The van der Waals surface area contributed by atoms with Gasteiger partial charge < -0.3 is 0 Å². The molecule has 0 amide bonds. The molecule has 1 atom stereocenters. The van der Waals surface area contributed by atoms with Gasteiger partial charge >= 0.3 is 0 Å². The molecule has 1 saturated heterocycles. The van der Waals surface area contributed by atoms with Crippen molar-refractivity contribution in [1.29, 1.82) is 0 Å². The minimum absolute atomic E-state index is 0.0390. The van der Waals surface area contributed by atoms with Crippen LogP contribution in [0.3, 0.4) is 0 Å². The maximum atomic E-state index is 14.8. The average molecular weight is 488 g/mol. The lowest BCUT2D eigenvalue weighted by atomic mass is 9.98. The Hall–Kier alpha value is -1.42. The van der Waals surface area contributed by atoms with Crippen molar-refractivity contribution < 1.29 is 4.39 Å². The number of halogens is 2. The van der Waals surface area contributed by atoms with Crippen molar-refractivity contribution in [1.82, 2.24) is 10.6 Å². The summed E-state index contributed by atoms with van der Waals surface area (Å²) in [7, 11) is 0. The van der Waals surface area contributed by atoms with Gasteiger partial charge in [-0.1, -0.05) is 71.7 Å². The Labute approximate surface area is 180 Å². The van der Waals surface area contributed by atoms with Gasteiger partial charge in [-0.3, -0.25) is 10.6 Å². The molecule has 0 radical (unpaired) electrons. The van der Waals surface area contributed by atoms with Gasteiger partial charge in [0.2, 0.25) is 0 Å². The van der Waals surface area contributed by atoms with Crippen LogP contribution in [0.5, 0.6) is 0 Å². The van der Waals surface area contributed by atoms with Gasteiger partial charge in [-0.05, 0) is 53.0 Å². The van der Waals surface area contributed by atoms with E-state index >= 15 is 0 Å². The van der Waals surface area contributed by atoms with Crippen molar-refractivity contribution in [2.24, 2.45) is 11.8 Å². The molecule has 1 aliphatic carbocycles. The Morgan fingerprint density at radius 3 is 2.61 bits per heavy atom. The van der Waals surface area contributed by atoms with Crippen molar-refractivity contribution in [3.05, 3.63) is 58.9 Å². The first kappa shape index (κ1) is 19.9. The Kier molecular flexibility index (Phi) is 6.35. The van der Waals surface area contributed by atoms with E-state index in [-0.39, 0.29) is 12.0 Å². The van der Waals surface area contributed by atoms with Gasteiger partial charge in [0.05, 0.1) is 0 Å². The first-order valence-electron chi connectivity index (χ1n) is 10.0. The highest BCUT2D eigenvalue weighted by Crippen LogP contribution is 2.32. The summed E-state index contributed by atoms with van der Waals surface area (Å²) in [4.78, 5) is 0. The van der Waals surface area contributed by atoms with Crippen LogP contribution in [0.25, 0.3) is 11.1 Å². The van der Waals surface area contributed by atoms with Gasteiger partial charge in [0.25, 0.3) is 0 Å². The molecule has 0 aromatic heterocycles. The molecule has 0 spiro atoms. The fourth-order valence-electron chi connectivity index (χ4n) is 4.09. The lowest BCUT2D eigenvalue weighted by Gasteiger charge is -2.26. The summed E-state index contributed by atoms with van der Waals surface area (Å²) >= 11 is 2.42. The second kappa shape index (κ2) is 8.94. The molecule has 1 aliphatic heterocycles. The standard InChI is InChI=1S/C24H26FIN2/c1-16-9-19-6-7-20(12-21(19)10-16)22-8-5-17(11-23(22)25)3-2-4-24-27-14-18(13-26)15-28-24/h5-8,11-12,16,18,24,27-28H,3,9-10,13-15H2,1H3. The summed E-state index contributed by atoms with van der Waals surface area (Å²) in [6.45, 7) is 4.27. The average Bonchev–Trinajstić information content (AvgIpc) is 3.08. The molecule has 0 bridgehead atoms. The monoisotopic (exact) mass is 488 g/mol. The van der Waals surface area contributed by atoms with Crippen LogP contribution >= 0.6 is 22.6 Å². The number of alkyl halides is 1. The molecule has 2 aromatic rings. The molecule has 4 rings (SSSR count). The Morgan fingerprint density at radius 1 is 1.07 bits per heavy atom.